The summed E-state index contributed by atoms with van der Waals surface area (Å²) in [7, 11) is 0. The fraction of sp³-hybridized carbons (Fsp3) is 0.312. The van der Waals surface area contributed by atoms with E-state index < -0.39 is 5.97 Å². The van der Waals surface area contributed by atoms with Crippen molar-refractivity contribution in [1.82, 2.24) is 0 Å². The van der Waals surface area contributed by atoms with Gasteiger partial charge in [-0.05, 0) is 28.7 Å². The summed E-state index contributed by atoms with van der Waals surface area (Å²) in [5, 5.41) is 8.80. The Kier molecular flexibility index (Phi) is 3.47. The summed E-state index contributed by atoms with van der Waals surface area (Å²) in [6, 6.07) is 11.5. The van der Waals surface area contributed by atoms with Gasteiger partial charge >= 0.3 is 5.97 Å². The number of benzene rings is 1. The van der Waals surface area contributed by atoms with Gasteiger partial charge in [-0.15, -0.1) is 0 Å². The molecule has 3 heteroatoms. The fourth-order valence-corrected chi connectivity index (χ4v) is 1.91. The van der Waals surface area contributed by atoms with E-state index in [9.17, 15) is 4.79 Å². The lowest BCUT2D eigenvalue weighted by Gasteiger charge is -2.19. The predicted octanol–water partition coefficient (Wildman–Crippen LogP) is 3.87. The van der Waals surface area contributed by atoms with Gasteiger partial charge in [0.25, 0.3) is 0 Å². The smallest absolute Gasteiger partial charge is 0.371 e. The molecule has 0 aliphatic heterocycles. The Balaban J connectivity index is 2.13. The van der Waals surface area contributed by atoms with Crippen molar-refractivity contribution < 1.29 is 14.3 Å². The van der Waals surface area contributed by atoms with Crippen LogP contribution in [0.3, 0.4) is 0 Å². The molecule has 0 radical (unpaired) electrons. The van der Waals surface area contributed by atoms with Crippen molar-refractivity contribution in [3.05, 3.63) is 59.0 Å². The van der Waals surface area contributed by atoms with E-state index in [2.05, 4.69) is 45.0 Å². The molecule has 3 nitrogen and oxygen atoms in total. The molecule has 2 rings (SSSR count). The number of hydrogen-bond acceptors (Lipinski definition) is 2. The van der Waals surface area contributed by atoms with Gasteiger partial charge in [0, 0.05) is 6.42 Å². The molecular weight excluding hydrogens is 240 g/mol. The number of carboxylic acid groups (broad SMARTS) is 1. The molecule has 1 N–H and O–H groups in total. The monoisotopic (exact) mass is 258 g/mol. The maximum absolute atomic E-state index is 10.7. The molecule has 19 heavy (non-hydrogen) atoms. The average Bonchev–Trinajstić information content (AvgIpc) is 2.77. The molecule has 0 spiro atoms. The van der Waals surface area contributed by atoms with Crippen LogP contribution in [0.2, 0.25) is 0 Å². The largest absolute Gasteiger partial charge is 0.475 e. The second kappa shape index (κ2) is 4.92. The van der Waals surface area contributed by atoms with Crippen LogP contribution in [0.1, 0.15) is 48.2 Å². The molecule has 0 unspecified atom stereocenters. The highest BCUT2D eigenvalue weighted by molar-refractivity contribution is 5.84. The zero-order valence-electron chi connectivity index (χ0n) is 11.4. The minimum atomic E-state index is -1.03. The fourth-order valence-electron chi connectivity index (χ4n) is 1.91. The highest BCUT2D eigenvalue weighted by atomic mass is 16.4. The molecule has 0 aliphatic carbocycles. The average molecular weight is 258 g/mol. The van der Waals surface area contributed by atoms with Crippen molar-refractivity contribution in [2.45, 2.75) is 32.6 Å². The number of rotatable bonds is 3. The van der Waals surface area contributed by atoms with Crippen LogP contribution in [0.15, 0.2) is 40.8 Å². The molecule has 100 valence electrons. The number of aromatic carboxylic acids is 1. The minimum Gasteiger partial charge on any atom is -0.475 e. The van der Waals surface area contributed by atoms with E-state index in [0.29, 0.717) is 12.2 Å². The van der Waals surface area contributed by atoms with Gasteiger partial charge in [-0.1, -0.05) is 45.0 Å². The van der Waals surface area contributed by atoms with Crippen LogP contribution < -0.4 is 0 Å². The Bertz CT molecular complexity index is 571. The Hall–Kier alpha value is -2.03. The van der Waals surface area contributed by atoms with E-state index >= 15 is 0 Å². The summed E-state index contributed by atoms with van der Waals surface area (Å²) < 4.78 is 5.25. The molecule has 0 saturated heterocycles. The van der Waals surface area contributed by atoms with Gasteiger partial charge in [-0.25, -0.2) is 4.79 Å². The Morgan fingerprint density at radius 2 is 1.74 bits per heavy atom. The zero-order chi connectivity index (χ0) is 14.0. The molecule has 1 heterocycles. The van der Waals surface area contributed by atoms with Gasteiger partial charge in [0.1, 0.15) is 5.76 Å². The van der Waals surface area contributed by atoms with E-state index in [-0.39, 0.29) is 11.2 Å². The van der Waals surface area contributed by atoms with Crippen molar-refractivity contribution in [3.8, 4) is 0 Å². The van der Waals surface area contributed by atoms with Gasteiger partial charge in [0.2, 0.25) is 5.76 Å². The molecule has 1 aromatic carbocycles. The second-order valence-corrected chi connectivity index (χ2v) is 5.69. The Morgan fingerprint density at radius 3 is 2.21 bits per heavy atom. The van der Waals surface area contributed by atoms with Crippen molar-refractivity contribution in [3.63, 3.8) is 0 Å². The molecular formula is C16H18O3. The summed E-state index contributed by atoms with van der Waals surface area (Å²) in [4.78, 5) is 10.7. The maximum Gasteiger partial charge on any atom is 0.371 e. The maximum atomic E-state index is 10.7. The van der Waals surface area contributed by atoms with Crippen LogP contribution in [0.4, 0.5) is 0 Å². The lowest BCUT2D eigenvalue weighted by Crippen LogP contribution is -2.10. The highest BCUT2D eigenvalue weighted by Gasteiger charge is 2.13. The highest BCUT2D eigenvalue weighted by Crippen LogP contribution is 2.23. The van der Waals surface area contributed by atoms with Gasteiger partial charge in [-0.2, -0.15) is 0 Å². The zero-order valence-corrected chi connectivity index (χ0v) is 11.4. The van der Waals surface area contributed by atoms with Crippen molar-refractivity contribution in [2.24, 2.45) is 0 Å². The van der Waals surface area contributed by atoms with Crippen molar-refractivity contribution in [2.75, 3.05) is 0 Å². The molecule has 0 amide bonds. The number of carbonyl (C=O) groups is 1. The van der Waals surface area contributed by atoms with E-state index in [4.69, 9.17) is 9.52 Å². The van der Waals surface area contributed by atoms with Crippen LogP contribution in [0, 0.1) is 0 Å². The van der Waals surface area contributed by atoms with Gasteiger partial charge in [0.05, 0.1) is 0 Å². The van der Waals surface area contributed by atoms with Crippen LogP contribution in [-0.4, -0.2) is 11.1 Å². The van der Waals surface area contributed by atoms with Crippen LogP contribution in [0.25, 0.3) is 0 Å². The van der Waals surface area contributed by atoms with E-state index in [1.165, 1.54) is 11.6 Å². The number of carboxylic acids is 1. The normalized spacial score (nSPS) is 11.5. The van der Waals surface area contributed by atoms with Crippen LogP contribution in [-0.2, 0) is 11.8 Å². The summed E-state index contributed by atoms with van der Waals surface area (Å²) in [6.45, 7) is 6.52. The van der Waals surface area contributed by atoms with Crippen LogP contribution >= 0.6 is 0 Å². The lowest BCUT2D eigenvalue weighted by atomic mass is 9.86. The molecule has 0 aliphatic rings. The molecule has 0 saturated carbocycles. The molecule has 0 fully saturated rings. The first-order valence-electron chi connectivity index (χ1n) is 6.28. The lowest BCUT2D eigenvalue weighted by molar-refractivity contribution is 0.0660. The first-order valence-corrected chi connectivity index (χ1v) is 6.28. The van der Waals surface area contributed by atoms with E-state index in [1.54, 1.807) is 6.07 Å². The SMILES string of the molecule is CC(C)(C)c1ccc(Cc2ccc(C(=O)O)o2)cc1. The van der Waals surface area contributed by atoms with Gasteiger partial charge in [0.15, 0.2) is 0 Å². The van der Waals surface area contributed by atoms with Crippen molar-refractivity contribution >= 4 is 5.97 Å². The molecule has 2 aromatic rings. The predicted molar refractivity (Wildman–Crippen MR) is 73.6 cm³/mol. The van der Waals surface area contributed by atoms with Crippen LogP contribution in [0.5, 0.6) is 0 Å². The topological polar surface area (TPSA) is 50.4 Å². The third kappa shape index (κ3) is 3.25. The van der Waals surface area contributed by atoms with E-state index in [0.717, 1.165) is 5.56 Å². The van der Waals surface area contributed by atoms with Gasteiger partial charge < -0.3 is 9.52 Å². The van der Waals surface area contributed by atoms with E-state index in [1.807, 2.05) is 0 Å². The Labute approximate surface area is 112 Å². The standard InChI is InChI=1S/C16H18O3/c1-16(2,3)12-6-4-11(5-7-12)10-13-8-9-14(19-13)15(17)18/h4-9H,10H2,1-3H3,(H,17,18). The first-order chi connectivity index (χ1) is 8.86. The molecule has 0 atom stereocenters. The quantitative estimate of drug-likeness (QED) is 0.909. The first kappa shape index (κ1) is 13.4. The number of hydrogen-bond donors (Lipinski definition) is 1. The third-order valence-corrected chi connectivity index (χ3v) is 3.07. The second-order valence-electron chi connectivity index (χ2n) is 5.69. The third-order valence-electron chi connectivity index (χ3n) is 3.07. The summed E-state index contributed by atoms with van der Waals surface area (Å²) in [5.74, 6) is -0.378. The summed E-state index contributed by atoms with van der Waals surface area (Å²) in [6.07, 6.45) is 0.609. The summed E-state index contributed by atoms with van der Waals surface area (Å²) in [5.41, 5.74) is 2.53. The molecule has 1 aromatic heterocycles. The minimum absolute atomic E-state index is 0.0127. The molecule has 0 bridgehead atoms. The summed E-state index contributed by atoms with van der Waals surface area (Å²) >= 11 is 0. The Morgan fingerprint density at radius 1 is 1.11 bits per heavy atom. The van der Waals surface area contributed by atoms with Crippen molar-refractivity contribution in [1.29, 1.82) is 0 Å². The number of furan rings is 1. The van der Waals surface area contributed by atoms with Gasteiger partial charge in [-0.3, -0.25) is 0 Å².